The Morgan fingerprint density at radius 2 is 2.16 bits per heavy atom. The molecule has 2 rings (SSSR count). The van der Waals surface area contributed by atoms with Crippen LogP contribution >= 0.6 is 11.6 Å². The Kier molecular flexibility index (Phi) is 5.68. The van der Waals surface area contributed by atoms with Gasteiger partial charge in [-0.3, -0.25) is 9.48 Å². The molecule has 0 atom stereocenters. The highest BCUT2D eigenvalue weighted by Crippen LogP contribution is 2.36. The van der Waals surface area contributed by atoms with Crippen LogP contribution in [0, 0.1) is 0 Å². The minimum absolute atomic E-state index is 0.0433. The molecule has 1 aromatic heterocycles. The summed E-state index contributed by atoms with van der Waals surface area (Å²) in [5.41, 5.74) is 0.152. The number of nitrogens with one attached hydrogen (secondary N) is 1. The number of alkyl halides is 3. The highest BCUT2D eigenvalue weighted by molar-refractivity contribution is 6.31. The maximum Gasteiger partial charge on any atom is 0.417 e. The van der Waals surface area contributed by atoms with Crippen molar-refractivity contribution in [3.8, 4) is 0 Å². The molecular weight excluding hydrogens is 361 g/mol. The van der Waals surface area contributed by atoms with E-state index in [4.69, 9.17) is 16.4 Å². The molecule has 10 heteroatoms. The quantitative estimate of drug-likeness (QED) is 0.643. The minimum Gasteiger partial charge on any atom is -0.385 e. The number of nitrogens with zero attached hydrogens (tertiary/aromatic N) is 3. The second kappa shape index (κ2) is 7.56. The van der Waals surface area contributed by atoms with E-state index in [1.165, 1.54) is 6.07 Å². The van der Waals surface area contributed by atoms with Gasteiger partial charge in [-0.1, -0.05) is 16.8 Å². The fraction of sp³-hybridized carbons (Fsp3) is 0.267. The fourth-order valence-electron chi connectivity index (χ4n) is 1.87. The molecule has 0 unspecified atom stereocenters. The number of hydrogen-bond acceptors (Lipinski definition) is 4. The monoisotopic (exact) mass is 374 g/mol. The Bertz CT molecular complexity index is 802. The molecule has 0 saturated carbocycles. The summed E-state index contributed by atoms with van der Waals surface area (Å²) in [5, 5.41) is 9.58. The van der Waals surface area contributed by atoms with Gasteiger partial charge in [0.1, 0.15) is 0 Å². The van der Waals surface area contributed by atoms with Crippen molar-refractivity contribution in [3.63, 3.8) is 0 Å². The molecule has 0 saturated heterocycles. The first-order valence-electron chi connectivity index (χ1n) is 6.99. The van der Waals surface area contributed by atoms with Crippen molar-refractivity contribution in [2.45, 2.75) is 13.1 Å². The Morgan fingerprint density at radius 3 is 2.76 bits per heavy atom. The fourth-order valence-corrected chi connectivity index (χ4v) is 2.09. The number of rotatable bonds is 5. The van der Waals surface area contributed by atoms with Crippen LogP contribution in [0.2, 0.25) is 5.02 Å². The number of anilines is 1. The van der Waals surface area contributed by atoms with Gasteiger partial charge in [-0.05, 0) is 25.1 Å². The van der Waals surface area contributed by atoms with Crippen molar-refractivity contribution in [3.05, 3.63) is 46.7 Å². The molecule has 0 aliphatic heterocycles. The van der Waals surface area contributed by atoms with E-state index in [1.54, 1.807) is 31.0 Å². The van der Waals surface area contributed by atoms with Crippen LogP contribution in [0.25, 0.3) is 0 Å². The average Bonchev–Trinajstić information content (AvgIpc) is 2.94. The molecule has 6 nitrogen and oxygen atoms in total. The van der Waals surface area contributed by atoms with Gasteiger partial charge < -0.3 is 10.2 Å². The molecule has 25 heavy (non-hydrogen) atoms. The van der Waals surface area contributed by atoms with E-state index < -0.39 is 29.3 Å². The number of halogens is 4. The first-order chi connectivity index (χ1) is 11.7. The van der Waals surface area contributed by atoms with Crippen LogP contribution in [0.15, 0.2) is 35.7 Å². The Balaban J connectivity index is 1.94. The van der Waals surface area contributed by atoms with Crippen LogP contribution in [0.3, 0.4) is 0 Å². The van der Waals surface area contributed by atoms with E-state index in [0.29, 0.717) is 5.71 Å². The maximum absolute atomic E-state index is 12.8. The number of hydrogen-bond donors (Lipinski definition) is 1. The van der Waals surface area contributed by atoms with Crippen LogP contribution in [-0.2, 0) is 22.9 Å². The topological polar surface area (TPSA) is 68.5 Å². The summed E-state index contributed by atoms with van der Waals surface area (Å²) < 4.78 is 39.9. The van der Waals surface area contributed by atoms with E-state index in [1.807, 2.05) is 0 Å². The highest BCUT2D eigenvalue weighted by atomic mass is 35.5. The smallest absolute Gasteiger partial charge is 0.385 e. The van der Waals surface area contributed by atoms with E-state index in [2.05, 4.69) is 15.6 Å². The largest absolute Gasteiger partial charge is 0.417 e. The van der Waals surface area contributed by atoms with E-state index in [0.717, 1.165) is 17.7 Å². The molecule has 1 N–H and O–H groups in total. The van der Waals surface area contributed by atoms with E-state index in [9.17, 15) is 18.0 Å². The van der Waals surface area contributed by atoms with Crippen molar-refractivity contribution in [2.24, 2.45) is 12.2 Å². The van der Waals surface area contributed by atoms with E-state index in [-0.39, 0.29) is 5.69 Å². The SMILES string of the molecule is C/C(=N/OCC(=O)Nc1ccc(Cl)c(C(F)(F)F)c1)c1cnn(C)c1. The summed E-state index contributed by atoms with van der Waals surface area (Å²) >= 11 is 5.51. The van der Waals surface area contributed by atoms with Gasteiger partial charge in [-0.2, -0.15) is 18.3 Å². The van der Waals surface area contributed by atoms with Gasteiger partial charge in [-0.15, -0.1) is 0 Å². The van der Waals surface area contributed by atoms with Crippen molar-refractivity contribution in [1.29, 1.82) is 0 Å². The number of benzene rings is 1. The lowest BCUT2D eigenvalue weighted by atomic mass is 10.2. The van der Waals surface area contributed by atoms with Crippen LogP contribution in [0.1, 0.15) is 18.1 Å². The molecule has 134 valence electrons. The number of amides is 1. The van der Waals surface area contributed by atoms with Crippen LogP contribution in [-0.4, -0.2) is 28.0 Å². The van der Waals surface area contributed by atoms with Crippen molar-refractivity contribution >= 4 is 28.9 Å². The standard InChI is InChI=1S/C15H14ClF3N4O2/c1-9(10-6-20-23(2)7-10)22-25-8-14(24)21-11-3-4-13(16)12(5-11)15(17,18)19/h3-7H,8H2,1-2H3,(H,21,24)/b22-9-. The molecule has 2 aromatic rings. The molecule has 0 fully saturated rings. The van der Waals surface area contributed by atoms with Crippen molar-refractivity contribution in [1.82, 2.24) is 9.78 Å². The van der Waals surface area contributed by atoms with Crippen LogP contribution < -0.4 is 5.32 Å². The Labute approximate surface area is 146 Å². The van der Waals surface area contributed by atoms with Crippen molar-refractivity contribution in [2.75, 3.05) is 11.9 Å². The number of aromatic nitrogens is 2. The van der Waals surface area contributed by atoms with Gasteiger partial charge in [0, 0.05) is 24.5 Å². The zero-order valence-corrected chi connectivity index (χ0v) is 14.0. The first kappa shape index (κ1) is 18.8. The summed E-state index contributed by atoms with van der Waals surface area (Å²) in [7, 11) is 1.74. The molecule has 0 spiro atoms. The van der Waals surface area contributed by atoms with Crippen molar-refractivity contribution < 1.29 is 22.8 Å². The van der Waals surface area contributed by atoms with Gasteiger partial charge in [0.15, 0.2) is 6.61 Å². The Morgan fingerprint density at radius 1 is 1.44 bits per heavy atom. The summed E-state index contributed by atoms with van der Waals surface area (Å²) in [6, 6.07) is 3.08. The first-order valence-corrected chi connectivity index (χ1v) is 7.37. The highest BCUT2D eigenvalue weighted by Gasteiger charge is 2.33. The lowest BCUT2D eigenvalue weighted by Crippen LogP contribution is -2.18. The summed E-state index contributed by atoms with van der Waals surface area (Å²) in [6.45, 7) is 1.21. The predicted molar refractivity (Wildman–Crippen MR) is 86.5 cm³/mol. The van der Waals surface area contributed by atoms with Gasteiger partial charge in [-0.25, -0.2) is 0 Å². The molecular formula is C15H14ClF3N4O2. The second-order valence-electron chi connectivity index (χ2n) is 5.09. The Hall–Kier alpha value is -2.55. The maximum atomic E-state index is 12.8. The zero-order chi connectivity index (χ0) is 18.6. The third-order valence-corrected chi connectivity index (χ3v) is 3.40. The van der Waals surface area contributed by atoms with Crippen LogP contribution in [0.5, 0.6) is 0 Å². The third-order valence-electron chi connectivity index (χ3n) is 3.08. The number of carbonyl (C=O) groups is 1. The molecule has 1 heterocycles. The normalized spacial score (nSPS) is 12.2. The predicted octanol–water partition coefficient (Wildman–Crippen LogP) is 3.47. The molecule has 0 radical (unpaired) electrons. The lowest BCUT2D eigenvalue weighted by molar-refractivity contribution is -0.137. The molecule has 0 aliphatic carbocycles. The molecule has 0 bridgehead atoms. The van der Waals surface area contributed by atoms with Gasteiger partial charge >= 0.3 is 6.18 Å². The van der Waals surface area contributed by atoms with Gasteiger partial charge in [0.25, 0.3) is 5.91 Å². The molecule has 0 aliphatic rings. The average molecular weight is 375 g/mol. The van der Waals surface area contributed by atoms with Crippen LogP contribution in [0.4, 0.5) is 18.9 Å². The lowest BCUT2D eigenvalue weighted by Gasteiger charge is -2.11. The molecule has 1 aromatic carbocycles. The summed E-state index contributed by atoms with van der Waals surface area (Å²) in [4.78, 5) is 16.6. The number of oxime groups is 1. The number of aryl methyl sites for hydroxylation is 1. The summed E-state index contributed by atoms with van der Waals surface area (Å²) in [6.07, 6.45) is -1.32. The second-order valence-corrected chi connectivity index (χ2v) is 5.50. The number of carbonyl (C=O) groups excluding carboxylic acids is 1. The zero-order valence-electron chi connectivity index (χ0n) is 13.3. The summed E-state index contributed by atoms with van der Waals surface area (Å²) in [5.74, 6) is -0.654. The minimum atomic E-state index is -4.61. The van der Waals surface area contributed by atoms with Gasteiger partial charge in [0.2, 0.25) is 0 Å². The third kappa shape index (κ3) is 5.21. The van der Waals surface area contributed by atoms with E-state index >= 15 is 0 Å². The van der Waals surface area contributed by atoms with Gasteiger partial charge in [0.05, 0.1) is 22.5 Å². The molecule has 1 amide bonds.